The van der Waals surface area contributed by atoms with E-state index < -0.39 is 0 Å². The topological polar surface area (TPSA) is 12.5 Å². The van der Waals surface area contributed by atoms with Crippen molar-refractivity contribution in [2.24, 2.45) is 0 Å². The SMILES string of the molecule is c1ccc(CC2=C(CN3CCOCC3)CCc3ccccc32)cc1. The van der Waals surface area contributed by atoms with E-state index in [0.717, 1.165) is 39.3 Å². The molecule has 4 rings (SSSR count). The van der Waals surface area contributed by atoms with Gasteiger partial charge in [-0.05, 0) is 41.5 Å². The van der Waals surface area contributed by atoms with E-state index in [1.807, 2.05) is 0 Å². The van der Waals surface area contributed by atoms with E-state index >= 15 is 0 Å². The van der Waals surface area contributed by atoms with Gasteiger partial charge in [0.25, 0.3) is 0 Å². The number of rotatable bonds is 4. The highest BCUT2D eigenvalue weighted by molar-refractivity contribution is 5.75. The number of allylic oxidation sites excluding steroid dienone is 1. The van der Waals surface area contributed by atoms with E-state index in [4.69, 9.17) is 4.74 Å². The number of ether oxygens (including phenoxy) is 1. The molecule has 2 nitrogen and oxygen atoms in total. The highest BCUT2D eigenvalue weighted by atomic mass is 16.5. The predicted molar refractivity (Wildman–Crippen MR) is 99.1 cm³/mol. The van der Waals surface area contributed by atoms with Crippen LogP contribution in [0.3, 0.4) is 0 Å². The lowest BCUT2D eigenvalue weighted by Gasteiger charge is -2.31. The van der Waals surface area contributed by atoms with Crippen LogP contribution < -0.4 is 0 Å². The zero-order chi connectivity index (χ0) is 16.2. The summed E-state index contributed by atoms with van der Waals surface area (Å²) in [6.07, 6.45) is 3.40. The number of benzene rings is 2. The summed E-state index contributed by atoms with van der Waals surface area (Å²) in [5.74, 6) is 0. The highest BCUT2D eigenvalue weighted by Crippen LogP contribution is 2.34. The highest BCUT2D eigenvalue weighted by Gasteiger charge is 2.21. The van der Waals surface area contributed by atoms with Gasteiger partial charge in [-0.3, -0.25) is 4.90 Å². The summed E-state index contributed by atoms with van der Waals surface area (Å²) in [7, 11) is 0. The average molecular weight is 319 g/mol. The van der Waals surface area contributed by atoms with Crippen molar-refractivity contribution in [1.82, 2.24) is 4.90 Å². The molecule has 0 atom stereocenters. The Hall–Kier alpha value is -1.90. The summed E-state index contributed by atoms with van der Waals surface area (Å²) < 4.78 is 5.51. The number of nitrogens with zero attached hydrogens (tertiary/aromatic N) is 1. The monoisotopic (exact) mass is 319 g/mol. The summed E-state index contributed by atoms with van der Waals surface area (Å²) in [4.78, 5) is 2.55. The van der Waals surface area contributed by atoms with Crippen molar-refractivity contribution in [2.45, 2.75) is 19.3 Å². The molecule has 2 aromatic carbocycles. The number of aryl methyl sites for hydroxylation is 1. The maximum atomic E-state index is 5.51. The van der Waals surface area contributed by atoms with Crippen LogP contribution in [0.4, 0.5) is 0 Å². The van der Waals surface area contributed by atoms with Crippen LogP contribution >= 0.6 is 0 Å². The molecule has 1 saturated heterocycles. The van der Waals surface area contributed by atoms with Gasteiger partial charge < -0.3 is 4.74 Å². The molecule has 1 aliphatic carbocycles. The fourth-order valence-electron chi connectivity index (χ4n) is 3.88. The third-order valence-corrected chi connectivity index (χ3v) is 5.21. The molecule has 1 heterocycles. The second-order valence-electron chi connectivity index (χ2n) is 6.79. The summed E-state index contributed by atoms with van der Waals surface area (Å²) in [5, 5.41) is 0. The third kappa shape index (κ3) is 3.45. The molecule has 0 spiro atoms. The molecule has 1 fully saturated rings. The summed E-state index contributed by atoms with van der Waals surface area (Å²) in [5.41, 5.74) is 7.56. The van der Waals surface area contributed by atoms with Crippen molar-refractivity contribution in [2.75, 3.05) is 32.8 Å². The molecule has 2 aliphatic rings. The molecule has 0 unspecified atom stereocenters. The molecule has 1 aliphatic heterocycles. The van der Waals surface area contributed by atoms with Crippen molar-refractivity contribution < 1.29 is 4.74 Å². The van der Waals surface area contributed by atoms with Gasteiger partial charge in [-0.1, -0.05) is 60.2 Å². The van der Waals surface area contributed by atoms with Crippen LogP contribution in [0.5, 0.6) is 0 Å². The van der Waals surface area contributed by atoms with E-state index in [-0.39, 0.29) is 0 Å². The van der Waals surface area contributed by atoms with Gasteiger partial charge in [-0.25, -0.2) is 0 Å². The number of hydrogen-bond acceptors (Lipinski definition) is 2. The average Bonchev–Trinajstić information content (AvgIpc) is 2.65. The molecular weight excluding hydrogens is 294 g/mol. The number of hydrogen-bond donors (Lipinski definition) is 0. The van der Waals surface area contributed by atoms with Crippen LogP contribution in [-0.2, 0) is 17.6 Å². The van der Waals surface area contributed by atoms with Crippen LogP contribution in [0, 0.1) is 0 Å². The number of morpholine rings is 1. The Bertz CT molecular complexity index is 714. The van der Waals surface area contributed by atoms with E-state index in [9.17, 15) is 0 Å². The minimum Gasteiger partial charge on any atom is -0.379 e. The Balaban J connectivity index is 1.67. The summed E-state index contributed by atoms with van der Waals surface area (Å²) in [6, 6.07) is 19.8. The van der Waals surface area contributed by atoms with Crippen molar-refractivity contribution in [3.05, 3.63) is 76.9 Å². The lowest BCUT2D eigenvalue weighted by atomic mass is 9.82. The van der Waals surface area contributed by atoms with E-state index in [1.54, 1.807) is 11.1 Å². The lowest BCUT2D eigenvalue weighted by molar-refractivity contribution is 0.0420. The zero-order valence-corrected chi connectivity index (χ0v) is 14.2. The second kappa shape index (κ2) is 7.33. The van der Waals surface area contributed by atoms with Crippen LogP contribution in [-0.4, -0.2) is 37.7 Å². The molecule has 124 valence electrons. The van der Waals surface area contributed by atoms with Gasteiger partial charge >= 0.3 is 0 Å². The van der Waals surface area contributed by atoms with Crippen molar-refractivity contribution in [3.8, 4) is 0 Å². The van der Waals surface area contributed by atoms with E-state index in [0.29, 0.717) is 0 Å². The Morgan fingerprint density at radius 1 is 0.833 bits per heavy atom. The molecule has 2 heteroatoms. The summed E-state index contributed by atoms with van der Waals surface area (Å²) in [6.45, 7) is 4.96. The first-order valence-corrected chi connectivity index (χ1v) is 9.03. The van der Waals surface area contributed by atoms with Crippen LogP contribution in [0.15, 0.2) is 60.2 Å². The molecule has 0 aromatic heterocycles. The van der Waals surface area contributed by atoms with Crippen molar-refractivity contribution >= 4 is 5.57 Å². The molecule has 0 saturated carbocycles. The Morgan fingerprint density at radius 3 is 2.42 bits per heavy atom. The largest absolute Gasteiger partial charge is 0.379 e. The number of fused-ring (bicyclic) bond motifs is 1. The maximum Gasteiger partial charge on any atom is 0.0594 e. The molecular formula is C22H25NO. The smallest absolute Gasteiger partial charge is 0.0594 e. The Kier molecular flexibility index (Phi) is 4.77. The summed E-state index contributed by atoms with van der Waals surface area (Å²) >= 11 is 0. The van der Waals surface area contributed by atoms with Gasteiger partial charge in [0.2, 0.25) is 0 Å². The van der Waals surface area contributed by atoms with E-state index in [1.165, 1.54) is 29.5 Å². The minimum absolute atomic E-state index is 0.873. The Morgan fingerprint density at radius 2 is 1.58 bits per heavy atom. The molecule has 0 bridgehead atoms. The quantitative estimate of drug-likeness (QED) is 0.846. The van der Waals surface area contributed by atoms with Crippen molar-refractivity contribution in [1.29, 1.82) is 0 Å². The molecule has 0 radical (unpaired) electrons. The normalized spacial score (nSPS) is 18.5. The standard InChI is InChI=1S/C22H25NO/c1-2-6-18(7-3-1)16-22-20(17-23-12-14-24-15-13-23)11-10-19-8-4-5-9-21(19)22/h1-9H,10-17H2. The first-order valence-electron chi connectivity index (χ1n) is 9.03. The first-order chi connectivity index (χ1) is 11.9. The van der Waals surface area contributed by atoms with Gasteiger partial charge in [0.05, 0.1) is 13.2 Å². The fraction of sp³-hybridized carbons (Fsp3) is 0.364. The molecule has 24 heavy (non-hydrogen) atoms. The van der Waals surface area contributed by atoms with Gasteiger partial charge in [0.15, 0.2) is 0 Å². The van der Waals surface area contributed by atoms with Crippen LogP contribution in [0.1, 0.15) is 23.1 Å². The third-order valence-electron chi connectivity index (χ3n) is 5.21. The van der Waals surface area contributed by atoms with Gasteiger partial charge in [0.1, 0.15) is 0 Å². The van der Waals surface area contributed by atoms with Gasteiger partial charge in [-0.2, -0.15) is 0 Å². The lowest BCUT2D eigenvalue weighted by Crippen LogP contribution is -2.38. The van der Waals surface area contributed by atoms with Crippen LogP contribution in [0.2, 0.25) is 0 Å². The van der Waals surface area contributed by atoms with Crippen LogP contribution in [0.25, 0.3) is 5.57 Å². The molecule has 0 N–H and O–H groups in total. The second-order valence-corrected chi connectivity index (χ2v) is 6.79. The first kappa shape index (κ1) is 15.6. The zero-order valence-electron chi connectivity index (χ0n) is 14.2. The molecule has 2 aromatic rings. The van der Waals surface area contributed by atoms with Gasteiger partial charge in [-0.15, -0.1) is 0 Å². The predicted octanol–water partition coefficient (Wildman–Crippen LogP) is 3.96. The minimum atomic E-state index is 0.873. The van der Waals surface area contributed by atoms with E-state index in [2.05, 4.69) is 59.5 Å². The van der Waals surface area contributed by atoms with Crippen molar-refractivity contribution in [3.63, 3.8) is 0 Å². The van der Waals surface area contributed by atoms with Gasteiger partial charge in [0, 0.05) is 19.6 Å². The Labute approximate surface area is 144 Å². The maximum absolute atomic E-state index is 5.51. The molecule has 0 amide bonds. The fourth-order valence-corrected chi connectivity index (χ4v) is 3.88.